The van der Waals surface area contributed by atoms with Crippen molar-refractivity contribution in [2.45, 2.75) is 6.92 Å². The number of carboxylic acids is 1. The van der Waals surface area contributed by atoms with Crippen LogP contribution in [0, 0.1) is 3.57 Å². The third kappa shape index (κ3) is 3.97. The van der Waals surface area contributed by atoms with Gasteiger partial charge >= 0.3 is 5.97 Å². The summed E-state index contributed by atoms with van der Waals surface area (Å²) in [5, 5.41) is 9.21. The maximum Gasteiger partial charge on any atom is 0.323 e. The minimum absolute atomic E-state index is 0.260. The number of nitrogens with zero attached hydrogens (tertiary/aromatic N) is 1. The number of amides is 1. The second-order valence-electron chi connectivity index (χ2n) is 3.68. The SMILES string of the molecule is CCN(CC(=O)O)C(=O)c1cc(Cl)c(I)cc1OC. The van der Waals surface area contributed by atoms with Crippen LogP contribution in [0.5, 0.6) is 5.75 Å². The van der Waals surface area contributed by atoms with E-state index in [9.17, 15) is 9.59 Å². The molecule has 104 valence electrons. The second kappa shape index (κ2) is 6.95. The highest BCUT2D eigenvalue weighted by atomic mass is 127. The largest absolute Gasteiger partial charge is 0.496 e. The molecule has 5 nitrogen and oxygen atoms in total. The van der Waals surface area contributed by atoms with E-state index in [0.29, 0.717) is 10.8 Å². The molecule has 19 heavy (non-hydrogen) atoms. The number of likely N-dealkylation sites (N-methyl/N-ethyl adjacent to an activating group) is 1. The van der Waals surface area contributed by atoms with Gasteiger partial charge in [-0.05, 0) is 41.6 Å². The molecule has 1 aromatic carbocycles. The summed E-state index contributed by atoms with van der Waals surface area (Å²) in [6, 6.07) is 3.14. The lowest BCUT2D eigenvalue weighted by atomic mass is 10.1. The molecule has 0 unspecified atom stereocenters. The molecule has 0 aliphatic carbocycles. The minimum Gasteiger partial charge on any atom is -0.496 e. The third-order valence-electron chi connectivity index (χ3n) is 2.47. The second-order valence-corrected chi connectivity index (χ2v) is 5.25. The molecule has 0 saturated carbocycles. The van der Waals surface area contributed by atoms with Gasteiger partial charge in [0.2, 0.25) is 0 Å². The third-order valence-corrected chi connectivity index (χ3v) is 3.99. The van der Waals surface area contributed by atoms with Crippen molar-refractivity contribution >= 4 is 46.1 Å². The number of carboxylic acid groups (broad SMARTS) is 1. The van der Waals surface area contributed by atoms with E-state index in [1.807, 2.05) is 22.6 Å². The fraction of sp³-hybridized carbons (Fsp3) is 0.333. The first-order valence-electron chi connectivity index (χ1n) is 5.44. The average Bonchev–Trinajstić information content (AvgIpc) is 2.37. The fourth-order valence-corrected chi connectivity index (χ4v) is 2.13. The summed E-state index contributed by atoms with van der Waals surface area (Å²) in [6.07, 6.45) is 0. The summed E-state index contributed by atoms with van der Waals surface area (Å²) in [6.45, 7) is 1.64. The molecular formula is C12H13ClINO4. The Labute approximate surface area is 129 Å². The van der Waals surface area contributed by atoms with Gasteiger partial charge in [-0.25, -0.2) is 0 Å². The molecule has 0 aliphatic heterocycles. The van der Waals surface area contributed by atoms with Crippen LogP contribution in [-0.4, -0.2) is 42.1 Å². The highest BCUT2D eigenvalue weighted by Gasteiger charge is 2.21. The Kier molecular flexibility index (Phi) is 5.86. The van der Waals surface area contributed by atoms with E-state index in [0.717, 1.165) is 3.57 Å². The number of hydrogen-bond acceptors (Lipinski definition) is 3. The van der Waals surface area contributed by atoms with Gasteiger partial charge in [-0.2, -0.15) is 0 Å². The fourth-order valence-electron chi connectivity index (χ4n) is 1.53. The molecule has 7 heteroatoms. The standard InChI is InChI=1S/C12H13ClINO4/c1-3-15(6-11(16)17)12(18)7-4-8(13)9(14)5-10(7)19-2/h4-5H,3,6H2,1-2H3,(H,16,17). The zero-order valence-corrected chi connectivity index (χ0v) is 13.4. The molecule has 0 aliphatic rings. The maximum absolute atomic E-state index is 12.3. The lowest BCUT2D eigenvalue weighted by molar-refractivity contribution is -0.137. The molecule has 1 N–H and O–H groups in total. The van der Waals surface area contributed by atoms with Crippen molar-refractivity contribution in [2.75, 3.05) is 20.2 Å². The smallest absolute Gasteiger partial charge is 0.323 e. The zero-order chi connectivity index (χ0) is 14.6. The molecule has 0 fully saturated rings. The van der Waals surface area contributed by atoms with E-state index >= 15 is 0 Å². The van der Waals surface area contributed by atoms with E-state index < -0.39 is 11.9 Å². The van der Waals surface area contributed by atoms with E-state index in [1.165, 1.54) is 18.1 Å². The molecule has 0 heterocycles. The lowest BCUT2D eigenvalue weighted by Gasteiger charge is -2.20. The maximum atomic E-state index is 12.3. The van der Waals surface area contributed by atoms with Gasteiger partial charge in [-0.1, -0.05) is 11.6 Å². The van der Waals surface area contributed by atoms with Crippen LogP contribution in [0.2, 0.25) is 5.02 Å². The number of carbonyl (C=O) groups is 2. The van der Waals surface area contributed by atoms with Crippen molar-refractivity contribution in [3.05, 3.63) is 26.3 Å². The minimum atomic E-state index is -1.06. The van der Waals surface area contributed by atoms with E-state index in [-0.39, 0.29) is 18.7 Å². The Bertz CT molecular complexity index is 507. The Morgan fingerprint density at radius 3 is 2.58 bits per heavy atom. The Morgan fingerprint density at radius 1 is 1.47 bits per heavy atom. The highest BCUT2D eigenvalue weighted by Crippen LogP contribution is 2.29. The number of ether oxygens (including phenoxy) is 1. The zero-order valence-electron chi connectivity index (χ0n) is 10.4. The lowest BCUT2D eigenvalue weighted by Crippen LogP contribution is -2.35. The van der Waals surface area contributed by atoms with Crippen LogP contribution in [-0.2, 0) is 4.79 Å². The van der Waals surface area contributed by atoms with Crippen molar-refractivity contribution in [3.63, 3.8) is 0 Å². The van der Waals surface area contributed by atoms with E-state index in [4.69, 9.17) is 21.4 Å². The van der Waals surface area contributed by atoms with Crippen molar-refractivity contribution in [1.29, 1.82) is 0 Å². The summed E-state index contributed by atoms with van der Waals surface area (Å²) in [5.74, 6) is -1.10. The highest BCUT2D eigenvalue weighted by molar-refractivity contribution is 14.1. The molecular weight excluding hydrogens is 384 g/mol. The van der Waals surface area contributed by atoms with Gasteiger partial charge in [0.25, 0.3) is 5.91 Å². The van der Waals surface area contributed by atoms with Crippen LogP contribution in [0.3, 0.4) is 0 Å². The predicted octanol–water partition coefficient (Wildman–Crippen LogP) is 2.50. The van der Waals surface area contributed by atoms with Gasteiger partial charge in [0, 0.05) is 10.1 Å². The quantitative estimate of drug-likeness (QED) is 0.775. The van der Waals surface area contributed by atoms with Crippen LogP contribution in [0.25, 0.3) is 0 Å². The van der Waals surface area contributed by atoms with Crippen molar-refractivity contribution in [1.82, 2.24) is 4.90 Å². The van der Waals surface area contributed by atoms with Crippen molar-refractivity contribution < 1.29 is 19.4 Å². The molecule has 0 radical (unpaired) electrons. The predicted molar refractivity (Wildman–Crippen MR) is 79.9 cm³/mol. The molecule has 0 atom stereocenters. The number of benzene rings is 1. The van der Waals surface area contributed by atoms with Gasteiger partial charge in [-0.3, -0.25) is 9.59 Å². The van der Waals surface area contributed by atoms with Gasteiger partial charge in [-0.15, -0.1) is 0 Å². The van der Waals surface area contributed by atoms with Gasteiger partial charge in [0.15, 0.2) is 0 Å². The summed E-state index contributed by atoms with van der Waals surface area (Å²) < 4.78 is 5.90. The number of methoxy groups -OCH3 is 1. The molecule has 0 spiro atoms. The summed E-state index contributed by atoms with van der Waals surface area (Å²) >= 11 is 8.02. The summed E-state index contributed by atoms with van der Waals surface area (Å²) in [5.41, 5.74) is 0.260. The van der Waals surface area contributed by atoms with Gasteiger partial charge in [0.05, 0.1) is 17.7 Å². The first-order chi connectivity index (χ1) is 8.90. The number of carbonyl (C=O) groups excluding carboxylic acids is 1. The van der Waals surface area contributed by atoms with Crippen LogP contribution in [0.15, 0.2) is 12.1 Å². The summed E-state index contributed by atoms with van der Waals surface area (Å²) in [7, 11) is 1.45. The number of rotatable bonds is 5. The monoisotopic (exact) mass is 397 g/mol. The molecule has 1 rings (SSSR count). The van der Waals surface area contributed by atoms with E-state index in [2.05, 4.69) is 0 Å². The Hall–Kier alpha value is -1.02. The molecule has 0 saturated heterocycles. The van der Waals surface area contributed by atoms with Gasteiger partial charge < -0.3 is 14.7 Å². The van der Waals surface area contributed by atoms with Crippen LogP contribution in [0.4, 0.5) is 0 Å². The first kappa shape index (κ1) is 16.0. The van der Waals surface area contributed by atoms with Crippen molar-refractivity contribution in [3.8, 4) is 5.75 Å². The van der Waals surface area contributed by atoms with Crippen molar-refractivity contribution in [2.24, 2.45) is 0 Å². The first-order valence-corrected chi connectivity index (χ1v) is 6.90. The number of halogens is 2. The molecule has 0 bridgehead atoms. The molecule has 1 amide bonds. The number of hydrogen-bond donors (Lipinski definition) is 1. The average molecular weight is 398 g/mol. The molecule has 1 aromatic rings. The number of aliphatic carboxylic acids is 1. The summed E-state index contributed by atoms with van der Waals surface area (Å²) in [4.78, 5) is 24.2. The van der Waals surface area contributed by atoms with Crippen LogP contribution >= 0.6 is 34.2 Å². The Balaban J connectivity index is 3.16. The van der Waals surface area contributed by atoms with Crippen LogP contribution in [0.1, 0.15) is 17.3 Å². The normalized spacial score (nSPS) is 10.1. The van der Waals surface area contributed by atoms with E-state index in [1.54, 1.807) is 13.0 Å². The Morgan fingerprint density at radius 2 is 2.11 bits per heavy atom. The van der Waals surface area contributed by atoms with Gasteiger partial charge in [0.1, 0.15) is 12.3 Å². The molecule has 0 aromatic heterocycles. The topological polar surface area (TPSA) is 66.8 Å². The van der Waals surface area contributed by atoms with Crippen LogP contribution < -0.4 is 4.74 Å².